The minimum absolute atomic E-state index is 0.129. The fourth-order valence-electron chi connectivity index (χ4n) is 4.54. The summed E-state index contributed by atoms with van der Waals surface area (Å²) in [6.07, 6.45) is -3.51. The maximum atomic E-state index is 13.0. The number of carbonyl (C=O) groups is 4. The molecule has 2 aromatic rings. The van der Waals surface area contributed by atoms with Gasteiger partial charge in [-0.25, -0.2) is 14.4 Å². The summed E-state index contributed by atoms with van der Waals surface area (Å²) in [6.45, 7) is 11.3. The van der Waals surface area contributed by atoms with Crippen molar-refractivity contribution in [2.45, 2.75) is 78.2 Å². The van der Waals surface area contributed by atoms with Crippen LogP contribution in [0.2, 0.25) is 5.04 Å². The first kappa shape index (κ1) is 32.7. The van der Waals surface area contributed by atoms with Crippen LogP contribution >= 0.6 is 0 Å². The van der Waals surface area contributed by atoms with Crippen LogP contribution in [0.25, 0.3) is 0 Å². The van der Waals surface area contributed by atoms with Crippen molar-refractivity contribution in [2.75, 3.05) is 6.61 Å². The predicted octanol–water partition coefficient (Wildman–Crippen LogP) is 2.90. The van der Waals surface area contributed by atoms with Crippen molar-refractivity contribution in [3.8, 4) is 0 Å². The largest absolute Gasteiger partial charge is 0.463 e. The lowest BCUT2D eigenvalue weighted by Gasteiger charge is -2.42. The molecule has 0 unspecified atom stereocenters. The Labute approximate surface area is 236 Å². The highest BCUT2D eigenvalue weighted by Gasteiger charge is 2.51. The van der Waals surface area contributed by atoms with E-state index in [0.717, 1.165) is 10.4 Å². The molecule has 0 heterocycles. The molecule has 0 aliphatic heterocycles. The van der Waals surface area contributed by atoms with E-state index in [1.54, 1.807) is 13.8 Å². The van der Waals surface area contributed by atoms with Gasteiger partial charge in [0.05, 0.1) is 12.5 Å². The molecule has 0 aliphatic carbocycles. The first-order valence-corrected chi connectivity index (χ1v) is 15.3. The molecule has 10 heteroatoms. The van der Waals surface area contributed by atoms with E-state index in [-0.39, 0.29) is 13.0 Å². The summed E-state index contributed by atoms with van der Waals surface area (Å²) in [4.78, 5) is 61.7. The maximum absolute atomic E-state index is 13.0. The van der Waals surface area contributed by atoms with Gasteiger partial charge in [0.15, 0.2) is 18.3 Å². The van der Waals surface area contributed by atoms with Crippen molar-refractivity contribution in [3.05, 3.63) is 60.7 Å². The Bertz CT molecular complexity index is 1110. The van der Waals surface area contributed by atoms with Gasteiger partial charge in [0.1, 0.15) is 0 Å². The molecule has 2 aromatic carbocycles. The molecular weight excluding hydrogens is 532 g/mol. The molecule has 40 heavy (non-hydrogen) atoms. The Morgan fingerprint density at radius 3 is 1.48 bits per heavy atom. The summed E-state index contributed by atoms with van der Waals surface area (Å²) in [6, 6.07) is 18.9. The normalized spacial score (nSPS) is 14.7. The number of hydrogen-bond acceptors (Lipinski definition) is 9. The highest BCUT2D eigenvalue weighted by molar-refractivity contribution is 6.98. The van der Waals surface area contributed by atoms with E-state index >= 15 is 0 Å². The van der Waals surface area contributed by atoms with Gasteiger partial charge in [-0.3, -0.25) is 4.79 Å². The van der Waals surface area contributed by atoms with Crippen LogP contribution in [0.15, 0.2) is 60.7 Å². The second-order valence-electron chi connectivity index (χ2n) is 10.4. The van der Waals surface area contributed by atoms with Gasteiger partial charge in [0.2, 0.25) is 0 Å². The number of rotatable bonds is 13. The van der Waals surface area contributed by atoms with E-state index in [1.807, 2.05) is 74.5 Å². The summed E-state index contributed by atoms with van der Waals surface area (Å²) < 4.78 is 20.2. The maximum Gasteiger partial charge on any atom is 0.347 e. The van der Waals surface area contributed by atoms with Crippen LogP contribution in [0.4, 0.5) is 0 Å². The average molecular weight is 573 g/mol. The van der Waals surface area contributed by atoms with Crippen LogP contribution in [0, 0.1) is 5.92 Å². The molecule has 9 nitrogen and oxygen atoms in total. The van der Waals surface area contributed by atoms with E-state index < -0.39 is 61.5 Å². The molecule has 0 fully saturated rings. The minimum Gasteiger partial charge on any atom is -0.463 e. The zero-order valence-corrected chi connectivity index (χ0v) is 25.2. The monoisotopic (exact) mass is 572 g/mol. The third-order valence-electron chi connectivity index (χ3n) is 6.74. The van der Waals surface area contributed by atoms with E-state index in [4.69, 9.17) is 18.9 Å². The zero-order valence-electron chi connectivity index (χ0n) is 24.2. The van der Waals surface area contributed by atoms with Crippen molar-refractivity contribution in [1.29, 1.82) is 0 Å². The van der Waals surface area contributed by atoms with Crippen molar-refractivity contribution >= 4 is 42.6 Å². The first-order valence-electron chi connectivity index (χ1n) is 13.4. The first-order chi connectivity index (χ1) is 18.7. The Balaban J connectivity index is 2.06. The van der Waals surface area contributed by atoms with Crippen molar-refractivity contribution < 1.29 is 42.9 Å². The Morgan fingerprint density at radius 2 is 1.07 bits per heavy atom. The Morgan fingerprint density at radius 1 is 0.700 bits per heavy atom. The molecular formula is C30H40O9Si. The van der Waals surface area contributed by atoms with Gasteiger partial charge >= 0.3 is 23.9 Å². The highest BCUT2D eigenvalue weighted by atomic mass is 28.4. The Hall–Kier alpha value is -3.50. The standard InChI is InChI=1S/C30H40O9Si/c1-8-36-27(32)21(3)38-29(34)23(5)39-28(33)22(4)37-26(31)20(2)19-30(6,7)40(35,24-15-11-9-12-16-24)25-17-13-10-14-18-25/h9-18,20-23,35H,8,19H2,1-7H3/t20-,21+,22+,23+/m1/s1. The van der Waals surface area contributed by atoms with E-state index in [1.165, 1.54) is 20.8 Å². The number of carbonyl (C=O) groups excluding carboxylic acids is 4. The number of hydrogen-bond donors (Lipinski definition) is 1. The van der Waals surface area contributed by atoms with Gasteiger partial charge in [-0.1, -0.05) is 81.4 Å². The third kappa shape index (κ3) is 8.01. The van der Waals surface area contributed by atoms with Crippen LogP contribution in [0.3, 0.4) is 0 Å². The van der Waals surface area contributed by atoms with E-state index in [0.29, 0.717) is 0 Å². The molecule has 1 N–H and O–H groups in total. The number of ether oxygens (including phenoxy) is 4. The lowest BCUT2D eigenvalue weighted by atomic mass is 9.98. The van der Waals surface area contributed by atoms with E-state index in [9.17, 15) is 24.0 Å². The molecule has 0 bridgehead atoms. The topological polar surface area (TPSA) is 125 Å². The summed E-state index contributed by atoms with van der Waals surface area (Å²) in [7, 11) is -3.34. The summed E-state index contributed by atoms with van der Waals surface area (Å²) in [5.74, 6) is -3.89. The molecule has 218 valence electrons. The lowest BCUT2D eigenvalue weighted by molar-refractivity contribution is -0.182. The minimum atomic E-state index is -3.34. The Kier molecular flexibility index (Phi) is 11.6. The molecule has 0 aromatic heterocycles. The number of esters is 4. The smallest absolute Gasteiger partial charge is 0.347 e. The molecule has 4 atom stereocenters. The van der Waals surface area contributed by atoms with Crippen molar-refractivity contribution in [3.63, 3.8) is 0 Å². The predicted molar refractivity (Wildman–Crippen MR) is 151 cm³/mol. The molecule has 0 saturated heterocycles. The molecule has 0 radical (unpaired) electrons. The quantitative estimate of drug-likeness (QED) is 0.219. The van der Waals surface area contributed by atoms with Crippen LogP contribution < -0.4 is 10.4 Å². The van der Waals surface area contributed by atoms with Gasteiger partial charge in [-0.2, -0.15) is 0 Å². The van der Waals surface area contributed by atoms with E-state index in [2.05, 4.69) is 0 Å². The third-order valence-corrected chi connectivity index (χ3v) is 11.2. The van der Waals surface area contributed by atoms with Crippen LogP contribution in [-0.4, -0.2) is 61.9 Å². The second kappa shape index (κ2) is 14.2. The molecule has 0 aliphatic rings. The van der Waals surface area contributed by atoms with Gasteiger partial charge in [0.25, 0.3) is 8.32 Å². The van der Waals surface area contributed by atoms with Gasteiger partial charge < -0.3 is 23.7 Å². The molecule has 0 spiro atoms. The SMILES string of the molecule is CCOC(=O)[C@H](C)OC(=O)[C@H](C)OC(=O)[C@H](C)OC(=O)[C@H](C)CC(C)(C)[Si](O)(c1ccccc1)c1ccccc1. The fourth-order valence-corrected chi connectivity index (χ4v) is 8.39. The van der Waals surface area contributed by atoms with Crippen LogP contribution in [-0.2, 0) is 38.1 Å². The number of benzene rings is 2. The summed E-state index contributed by atoms with van der Waals surface area (Å²) in [5, 5.41) is 0.940. The fraction of sp³-hybridized carbons (Fsp3) is 0.467. The van der Waals surface area contributed by atoms with Crippen LogP contribution in [0.5, 0.6) is 0 Å². The molecule has 2 rings (SSSR count). The van der Waals surface area contributed by atoms with Crippen molar-refractivity contribution in [2.24, 2.45) is 5.92 Å². The molecule has 0 amide bonds. The summed E-state index contributed by atoms with van der Waals surface area (Å²) >= 11 is 0. The van der Waals surface area contributed by atoms with Gasteiger partial charge in [0, 0.05) is 0 Å². The van der Waals surface area contributed by atoms with Crippen LogP contribution in [0.1, 0.15) is 54.9 Å². The zero-order chi connectivity index (χ0) is 30.1. The average Bonchev–Trinajstić information content (AvgIpc) is 2.92. The van der Waals surface area contributed by atoms with Gasteiger partial charge in [-0.05, 0) is 49.5 Å². The highest BCUT2D eigenvalue weighted by Crippen LogP contribution is 2.41. The van der Waals surface area contributed by atoms with Crippen molar-refractivity contribution in [1.82, 2.24) is 0 Å². The second-order valence-corrected chi connectivity index (χ2v) is 14.3. The summed E-state index contributed by atoms with van der Waals surface area (Å²) in [5.41, 5.74) is 0. The molecule has 0 saturated carbocycles. The lowest BCUT2D eigenvalue weighted by Crippen LogP contribution is -2.65. The van der Waals surface area contributed by atoms with Gasteiger partial charge in [-0.15, -0.1) is 0 Å².